The number of hydrogen-bond acceptors (Lipinski definition) is 9. The van der Waals surface area contributed by atoms with E-state index in [-0.39, 0.29) is 25.0 Å². The van der Waals surface area contributed by atoms with Crippen molar-refractivity contribution in [2.24, 2.45) is 0 Å². The second kappa shape index (κ2) is 13.1. The average molecular weight is 567 g/mol. The van der Waals surface area contributed by atoms with E-state index in [2.05, 4.69) is 26.3 Å². The van der Waals surface area contributed by atoms with Crippen molar-refractivity contribution in [1.82, 2.24) is 19.9 Å². The molecule has 11 heteroatoms. The molecule has 0 spiro atoms. The van der Waals surface area contributed by atoms with Gasteiger partial charge in [0.15, 0.2) is 11.9 Å². The third-order valence-electron chi connectivity index (χ3n) is 6.23. The summed E-state index contributed by atoms with van der Waals surface area (Å²) in [5, 5.41) is 0.467. The zero-order chi connectivity index (χ0) is 28.7. The number of fused-ring (bicyclic) bond motifs is 1. The van der Waals surface area contributed by atoms with Crippen LogP contribution in [-0.2, 0) is 11.3 Å². The Morgan fingerprint density at radius 1 is 1.12 bits per heavy atom. The summed E-state index contributed by atoms with van der Waals surface area (Å²) in [6.07, 6.45) is 1.73. The lowest BCUT2D eigenvalue weighted by atomic mass is 10.2. The van der Waals surface area contributed by atoms with Crippen LogP contribution >= 0.6 is 11.6 Å². The number of nitrogens with zero attached hydrogens (tertiary/aromatic N) is 6. The molecule has 10 nitrogen and oxygen atoms in total. The smallest absolute Gasteiger partial charge is 0.417 e. The Bertz CT molecular complexity index is 1340. The average Bonchev–Trinajstić information content (AvgIpc) is 2.94. The molecule has 2 aromatic heterocycles. The molecular weight excluding hydrogens is 532 g/mol. The zero-order valence-corrected chi connectivity index (χ0v) is 23.9. The first-order chi connectivity index (χ1) is 19.2. The van der Waals surface area contributed by atoms with Gasteiger partial charge >= 0.3 is 6.09 Å². The van der Waals surface area contributed by atoms with Gasteiger partial charge in [0, 0.05) is 38.6 Å². The molecule has 1 aliphatic heterocycles. The van der Waals surface area contributed by atoms with Gasteiger partial charge in [-0.05, 0) is 32.4 Å². The molecule has 3 aromatic rings. The Morgan fingerprint density at radius 3 is 2.48 bits per heavy atom. The van der Waals surface area contributed by atoms with Crippen LogP contribution in [0.1, 0.15) is 36.7 Å². The monoisotopic (exact) mass is 566 g/mol. The van der Waals surface area contributed by atoms with Crippen molar-refractivity contribution in [3.8, 4) is 5.88 Å². The molecule has 0 atom stereocenters. The summed E-state index contributed by atoms with van der Waals surface area (Å²) in [4.78, 5) is 45.0. The molecular formula is C29H35ClN6O4. The number of pyridine rings is 1. The highest BCUT2D eigenvalue weighted by Gasteiger charge is 2.27. The lowest BCUT2D eigenvalue weighted by Gasteiger charge is -2.35. The fourth-order valence-corrected chi connectivity index (χ4v) is 4.55. The SMILES string of the molecule is C=CCN(C(=O)OC(C)(C)C)c1nc(OCc2ccccc2)c2cc(C=O)c(N3CCN(CCCl)CC3)nc2n1. The highest BCUT2D eigenvalue weighted by molar-refractivity contribution is 6.18. The minimum Gasteiger partial charge on any atom is -0.472 e. The summed E-state index contributed by atoms with van der Waals surface area (Å²) in [5.41, 5.74) is 0.917. The normalized spacial score (nSPS) is 14.2. The Morgan fingerprint density at radius 2 is 1.85 bits per heavy atom. The van der Waals surface area contributed by atoms with Gasteiger partial charge in [-0.1, -0.05) is 36.4 Å². The summed E-state index contributed by atoms with van der Waals surface area (Å²) in [6.45, 7) is 13.3. The van der Waals surface area contributed by atoms with Crippen molar-refractivity contribution < 1.29 is 19.1 Å². The van der Waals surface area contributed by atoms with Crippen molar-refractivity contribution in [1.29, 1.82) is 0 Å². The van der Waals surface area contributed by atoms with E-state index in [0.717, 1.165) is 31.5 Å². The second-order valence-electron chi connectivity index (χ2n) is 10.4. The fraction of sp³-hybridized carbons (Fsp3) is 0.414. The summed E-state index contributed by atoms with van der Waals surface area (Å²) in [5.74, 6) is 1.36. The molecule has 1 fully saturated rings. The van der Waals surface area contributed by atoms with Crippen molar-refractivity contribution in [2.45, 2.75) is 33.0 Å². The molecule has 0 unspecified atom stereocenters. The topological polar surface area (TPSA) is 101 Å². The predicted octanol–water partition coefficient (Wildman–Crippen LogP) is 4.70. The number of ether oxygens (including phenoxy) is 2. The molecule has 1 amide bonds. The van der Waals surface area contributed by atoms with E-state index in [1.165, 1.54) is 4.90 Å². The van der Waals surface area contributed by atoms with E-state index in [4.69, 9.17) is 26.1 Å². The standard InChI is InChI=1S/C29H35ClN6O4/c1-5-12-36(28(38)40-29(2,3)4)27-32-24-23(26(33-27)39-20-21-9-7-6-8-10-21)18-22(19-37)25(31-24)35-16-14-34(13-11-30)15-17-35/h5-10,18-19H,1,11-17,20H2,2-4H3. The van der Waals surface area contributed by atoms with Gasteiger partial charge in [0.2, 0.25) is 11.8 Å². The third kappa shape index (κ3) is 7.25. The number of aldehydes is 1. The van der Waals surface area contributed by atoms with Gasteiger partial charge in [0.25, 0.3) is 0 Å². The lowest BCUT2D eigenvalue weighted by molar-refractivity contribution is 0.0582. The molecule has 0 radical (unpaired) electrons. The number of carbonyl (C=O) groups is 2. The molecule has 40 heavy (non-hydrogen) atoms. The van der Waals surface area contributed by atoms with Crippen molar-refractivity contribution in [3.63, 3.8) is 0 Å². The maximum Gasteiger partial charge on any atom is 0.417 e. The van der Waals surface area contributed by atoms with E-state index < -0.39 is 11.7 Å². The molecule has 0 aliphatic carbocycles. The molecule has 0 N–H and O–H groups in total. The summed E-state index contributed by atoms with van der Waals surface area (Å²) in [7, 11) is 0. The molecule has 4 rings (SSSR count). The van der Waals surface area contributed by atoms with Crippen LogP contribution in [0, 0.1) is 0 Å². The molecule has 0 bridgehead atoms. The number of piperazine rings is 1. The van der Waals surface area contributed by atoms with E-state index in [0.29, 0.717) is 41.4 Å². The van der Waals surface area contributed by atoms with Crippen LogP contribution in [0.4, 0.5) is 16.6 Å². The van der Waals surface area contributed by atoms with Crippen LogP contribution in [-0.4, -0.2) is 83.0 Å². The molecule has 1 aliphatic rings. The first kappa shape index (κ1) is 29.2. The maximum atomic E-state index is 13.1. The van der Waals surface area contributed by atoms with Crippen LogP contribution in [0.15, 0.2) is 49.1 Å². The second-order valence-corrected chi connectivity index (χ2v) is 10.8. The minimum atomic E-state index is -0.726. The number of aromatic nitrogens is 3. The van der Waals surface area contributed by atoms with E-state index in [9.17, 15) is 9.59 Å². The van der Waals surface area contributed by atoms with Crippen LogP contribution in [0.25, 0.3) is 11.0 Å². The highest BCUT2D eigenvalue weighted by Crippen LogP contribution is 2.30. The van der Waals surface area contributed by atoms with Gasteiger partial charge in [0.05, 0.1) is 17.5 Å². The Kier molecular flexibility index (Phi) is 9.54. The van der Waals surface area contributed by atoms with Gasteiger partial charge < -0.3 is 14.4 Å². The van der Waals surface area contributed by atoms with E-state index >= 15 is 0 Å². The van der Waals surface area contributed by atoms with Crippen molar-refractivity contribution >= 4 is 46.8 Å². The van der Waals surface area contributed by atoms with Gasteiger partial charge in [-0.15, -0.1) is 18.2 Å². The summed E-state index contributed by atoms with van der Waals surface area (Å²) >= 11 is 5.92. The zero-order valence-electron chi connectivity index (χ0n) is 23.2. The Balaban J connectivity index is 1.78. The van der Waals surface area contributed by atoms with Crippen molar-refractivity contribution in [2.75, 3.05) is 54.9 Å². The van der Waals surface area contributed by atoms with Gasteiger partial charge in [0.1, 0.15) is 18.0 Å². The van der Waals surface area contributed by atoms with Crippen LogP contribution < -0.4 is 14.5 Å². The van der Waals surface area contributed by atoms with E-state index in [1.807, 2.05) is 30.3 Å². The maximum absolute atomic E-state index is 13.1. The summed E-state index contributed by atoms with van der Waals surface area (Å²) in [6, 6.07) is 11.3. The number of halogens is 1. The van der Waals surface area contributed by atoms with Gasteiger partial charge in [-0.3, -0.25) is 9.69 Å². The molecule has 3 heterocycles. The number of rotatable bonds is 10. The Labute approximate surface area is 239 Å². The molecule has 1 saturated heterocycles. The van der Waals surface area contributed by atoms with Gasteiger partial charge in [-0.25, -0.2) is 14.7 Å². The third-order valence-corrected chi connectivity index (χ3v) is 6.40. The number of anilines is 2. The molecule has 212 valence electrons. The highest BCUT2D eigenvalue weighted by atomic mass is 35.5. The minimum absolute atomic E-state index is 0.0638. The molecule has 0 saturated carbocycles. The van der Waals surface area contributed by atoms with Crippen LogP contribution in [0.5, 0.6) is 5.88 Å². The number of alkyl halides is 1. The first-order valence-corrected chi connectivity index (χ1v) is 13.7. The number of carbonyl (C=O) groups excluding carboxylic acids is 2. The number of benzene rings is 1. The van der Waals surface area contributed by atoms with E-state index in [1.54, 1.807) is 32.9 Å². The lowest BCUT2D eigenvalue weighted by Crippen LogP contribution is -2.47. The van der Waals surface area contributed by atoms with Gasteiger partial charge in [-0.2, -0.15) is 9.97 Å². The summed E-state index contributed by atoms with van der Waals surface area (Å²) < 4.78 is 11.7. The Hall–Kier alpha value is -3.76. The number of hydrogen-bond donors (Lipinski definition) is 0. The van der Waals surface area contributed by atoms with Crippen LogP contribution in [0.2, 0.25) is 0 Å². The van der Waals surface area contributed by atoms with Crippen LogP contribution in [0.3, 0.4) is 0 Å². The predicted molar refractivity (Wildman–Crippen MR) is 157 cm³/mol. The fourth-order valence-electron chi connectivity index (χ4n) is 4.31. The molecule has 1 aromatic carbocycles. The first-order valence-electron chi connectivity index (χ1n) is 13.2. The largest absolute Gasteiger partial charge is 0.472 e. The number of amides is 1. The van der Waals surface area contributed by atoms with Crippen molar-refractivity contribution in [3.05, 3.63) is 60.2 Å². The quantitative estimate of drug-likeness (QED) is 0.196.